The Balaban J connectivity index is 1.60. The summed E-state index contributed by atoms with van der Waals surface area (Å²) in [5.74, 6) is -1.11. The monoisotopic (exact) mass is 317 g/mol. The molecule has 5 heteroatoms. The third kappa shape index (κ3) is 2.05. The van der Waals surface area contributed by atoms with E-state index in [0.717, 1.165) is 6.42 Å². The van der Waals surface area contributed by atoms with Gasteiger partial charge in [-0.05, 0) is 54.4 Å². The van der Waals surface area contributed by atoms with E-state index >= 15 is 0 Å². The number of halogens is 1. The molecule has 0 spiro atoms. The molecular weight excluding hydrogens is 302 g/mol. The summed E-state index contributed by atoms with van der Waals surface area (Å²) in [4.78, 5) is 24.4. The summed E-state index contributed by atoms with van der Waals surface area (Å²) in [6, 6.07) is 6.87. The highest BCUT2D eigenvalue weighted by Gasteiger charge is 2.62. The lowest BCUT2D eigenvalue weighted by Gasteiger charge is -2.41. The van der Waals surface area contributed by atoms with Crippen LogP contribution < -0.4 is 5.32 Å². The molecule has 2 saturated carbocycles. The lowest BCUT2D eigenvalue weighted by Crippen LogP contribution is -2.48. The molecule has 1 amide bonds. The molecule has 6 atom stereocenters. The zero-order valence-electron chi connectivity index (χ0n) is 11.8. The van der Waals surface area contributed by atoms with Gasteiger partial charge in [0.1, 0.15) is 0 Å². The predicted octanol–water partition coefficient (Wildman–Crippen LogP) is 3.05. The van der Waals surface area contributed by atoms with Gasteiger partial charge in [-0.15, -0.1) is 0 Å². The van der Waals surface area contributed by atoms with E-state index in [4.69, 9.17) is 11.6 Å². The molecule has 5 rings (SSSR count). The predicted molar refractivity (Wildman–Crippen MR) is 82.4 cm³/mol. The van der Waals surface area contributed by atoms with Crippen LogP contribution in [0.2, 0.25) is 5.02 Å². The first-order valence-electron chi connectivity index (χ1n) is 7.54. The first-order chi connectivity index (χ1) is 10.6. The van der Waals surface area contributed by atoms with E-state index in [1.54, 1.807) is 24.3 Å². The SMILES string of the molecule is O=C(O)C1C2C=CC(C3CC23)C1C(=O)Nc1ccc(Cl)cc1. The number of hydrogen-bond acceptors (Lipinski definition) is 2. The maximum Gasteiger partial charge on any atom is 0.307 e. The van der Waals surface area contributed by atoms with Gasteiger partial charge in [0.15, 0.2) is 0 Å². The summed E-state index contributed by atoms with van der Waals surface area (Å²) in [5, 5.41) is 13.0. The Labute approximate surface area is 133 Å². The van der Waals surface area contributed by atoms with Gasteiger partial charge in [0.25, 0.3) is 0 Å². The summed E-state index contributed by atoms with van der Waals surface area (Å²) < 4.78 is 0. The van der Waals surface area contributed by atoms with Crippen LogP contribution in [0.1, 0.15) is 6.42 Å². The summed E-state index contributed by atoms with van der Waals surface area (Å²) in [7, 11) is 0. The van der Waals surface area contributed by atoms with Gasteiger partial charge in [-0.3, -0.25) is 9.59 Å². The van der Waals surface area contributed by atoms with E-state index in [0.29, 0.717) is 22.5 Å². The van der Waals surface area contributed by atoms with Crippen molar-refractivity contribution in [2.75, 3.05) is 5.32 Å². The number of benzene rings is 1. The molecule has 0 aliphatic heterocycles. The molecule has 114 valence electrons. The van der Waals surface area contributed by atoms with Crippen molar-refractivity contribution in [1.82, 2.24) is 0 Å². The van der Waals surface area contributed by atoms with Crippen molar-refractivity contribution in [3.8, 4) is 0 Å². The smallest absolute Gasteiger partial charge is 0.307 e. The first-order valence-corrected chi connectivity index (χ1v) is 7.91. The minimum atomic E-state index is -0.860. The molecule has 2 fully saturated rings. The molecule has 4 nitrogen and oxygen atoms in total. The minimum Gasteiger partial charge on any atom is -0.481 e. The van der Waals surface area contributed by atoms with Crippen molar-refractivity contribution in [3.05, 3.63) is 41.4 Å². The van der Waals surface area contributed by atoms with E-state index in [2.05, 4.69) is 11.4 Å². The number of aliphatic carboxylic acids is 1. The van der Waals surface area contributed by atoms with Gasteiger partial charge >= 0.3 is 5.97 Å². The van der Waals surface area contributed by atoms with Crippen molar-refractivity contribution >= 4 is 29.2 Å². The molecule has 0 heterocycles. The van der Waals surface area contributed by atoms with Crippen LogP contribution in [0.3, 0.4) is 0 Å². The number of hydrogen-bond donors (Lipinski definition) is 2. The molecule has 2 N–H and O–H groups in total. The van der Waals surface area contributed by atoms with Gasteiger partial charge in [-0.2, -0.15) is 0 Å². The average molecular weight is 318 g/mol. The summed E-state index contributed by atoms with van der Waals surface area (Å²) in [5.41, 5.74) is 0.649. The lowest BCUT2D eigenvalue weighted by molar-refractivity contribution is -0.152. The molecule has 2 bridgehead atoms. The van der Waals surface area contributed by atoms with Crippen molar-refractivity contribution < 1.29 is 14.7 Å². The van der Waals surface area contributed by atoms with Gasteiger partial charge in [-0.1, -0.05) is 23.8 Å². The zero-order valence-corrected chi connectivity index (χ0v) is 12.5. The standard InChI is InChI=1S/C17H16ClNO3/c18-8-1-3-9(4-2-8)19-16(20)14-10-5-6-11(13-7-12(10)13)15(14)17(21)22/h1-6,10-15H,7H2,(H,19,20)(H,21,22). The Kier molecular flexibility index (Phi) is 3.05. The molecule has 4 aliphatic rings. The highest BCUT2D eigenvalue weighted by Crippen LogP contribution is 2.63. The third-order valence-corrected chi connectivity index (χ3v) is 5.60. The van der Waals surface area contributed by atoms with Crippen molar-refractivity contribution in [1.29, 1.82) is 0 Å². The topological polar surface area (TPSA) is 66.4 Å². The van der Waals surface area contributed by atoms with E-state index in [9.17, 15) is 14.7 Å². The second-order valence-corrected chi connectivity index (χ2v) is 6.93. The number of nitrogens with one attached hydrogen (secondary N) is 1. The molecule has 0 saturated heterocycles. The number of carboxylic acids is 1. The molecular formula is C17H16ClNO3. The van der Waals surface area contributed by atoms with Crippen molar-refractivity contribution in [3.63, 3.8) is 0 Å². The van der Waals surface area contributed by atoms with Gasteiger partial charge in [0.2, 0.25) is 5.91 Å². The van der Waals surface area contributed by atoms with Crippen LogP contribution in [0, 0.1) is 35.5 Å². The number of fused-ring (bicyclic) bond motifs is 1. The second kappa shape index (κ2) is 4.85. The highest BCUT2D eigenvalue weighted by atomic mass is 35.5. The molecule has 22 heavy (non-hydrogen) atoms. The Morgan fingerprint density at radius 2 is 1.64 bits per heavy atom. The van der Waals surface area contributed by atoms with Crippen molar-refractivity contribution in [2.45, 2.75) is 6.42 Å². The second-order valence-electron chi connectivity index (χ2n) is 6.49. The zero-order chi connectivity index (χ0) is 15.4. The number of anilines is 1. The Morgan fingerprint density at radius 3 is 2.23 bits per heavy atom. The van der Waals surface area contributed by atoms with Gasteiger partial charge in [0, 0.05) is 10.7 Å². The third-order valence-electron chi connectivity index (χ3n) is 5.35. The fourth-order valence-corrected chi connectivity index (χ4v) is 4.45. The molecule has 4 aliphatic carbocycles. The van der Waals surface area contributed by atoms with Gasteiger partial charge in [-0.25, -0.2) is 0 Å². The van der Waals surface area contributed by atoms with E-state index in [-0.39, 0.29) is 17.7 Å². The van der Waals surface area contributed by atoms with E-state index < -0.39 is 17.8 Å². The normalized spacial score (nSPS) is 37.5. The van der Waals surface area contributed by atoms with Crippen LogP contribution in [0.4, 0.5) is 5.69 Å². The van der Waals surface area contributed by atoms with Crippen LogP contribution in [0.15, 0.2) is 36.4 Å². The lowest BCUT2D eigenvalue weighted by atomic mass is 9.62. The fourth-order valence-electron chi connectivity index (χ4n) is 4.33. The number of carboxylic acid groups (broad SMARTS) is 1. The van der Waals surface area contributed by atoms with Gasteiger partial charge in [0.05, 0.1) is 11.8 Å². The van der Waals surface area contributed by atoms with Crippen molar-refractivity contribution in [2.24, 2.45) is 35.5 Å². The maximum absolute atomic E-state index is 12.7. The Morgan fingerprint density at radius 1 is 1.05 bits per heavy atom. The number of carbonyl (C=O) groups excluding carboxylic acids is 1. The van der Waals surface area contributed by atoms with E-state index in [1.165, 1.54) is 0 Å². The number of carbonyl (C=O) groups is 2. The summed E-state index contributed by atoms with van der Waals surface area (Å²) in [6.45, 7) is 0. The Hall–Kier alpha value is -1.81. The molecule has 0 radical (unpaired) electrons. The first kappa shape index (κ1) is 13.8. The average Bonchev–Trinajstić information content (AvgIpc) is 3.30. The van der Waals surface area contributed by atoms with Crippen LogP contribution in [0.5, 0.6) is 0 Å². The highest BCUT2D eigenvalue weighted by molar-refractivity contribution is 6.30. The number of rotatable bonds is 3. The molecule has 1 aromatic carbocycles. The number of allylic oxidation sites excluding steroid dienone is 2. The summed E-state index contributed by atoms with van der Waals surface area (Å²) in [6.07, 6.45) is 5.13. The number of amides is 1. The Bertz CT molecular complexity index is 669. The van der Waals surface area contributed by atoms with Gasteiger partial charge < -0.3 is 10.4 Å². The largest absolute Gasteiger partial charge is 0.481 e. The summed E-state index contributed by atoms with van der Waals surface area (Å²) >= 11 is 5.84. The van der Waals surface area contributed by atoms with Crippen LogP contribution in [0.25, 0.3) is 0 Å². The minimum absolute atomic E-state index is 0.00784. The quantitative estimate of drug-likeness (QED) is 0.842. The maximum atomic E-state index is 12.7. The van der Waals surface area contributed by atoms with Crippen LogP contribution in [-0.4, -0.2) is 17.0 Å². The van der Waals surface area contributed by atoms with E-state index in [1.807, 2.05) is 6.08 Å². The molecule has 6 unspecified atom stereocenters. The van der Waals surface area contributed by atoms with Crippen LogP contribution >= 0.6 is 11.6 Å². The molecule has 0 aromatic heterocycles. The molecule has 1 aromatic rings. The fraction of sp³-hybridized carbons (Fsp3) is 0.412. The van der Waals surface area contributed by atoms with Crippen LogP contribution in [-0.2, 0) is 9.59 Å².